The van der Waals surface area contributed by atoms with Gasteiger partial charge in [-0.25, -0.2) is 0 Å². The highest BCUT2D eigenvalue weighted by atomic mass is 19.2. The van der Waals surface area contributed by atoms with Crippen LogP contribution in [-0.2, 0) is 20.4 Å². The molecule has 2 aromatic carbocycles. The number of nitrogens with zero attached hydrogens (tertiary/aromatic N) is 1. The molecule has 0 aliphatic heterocycles. The third-order valence-corrected chi connectivity index (χ3v) is 7.18. The van der Waals surface area contributed by atoms with Gasteiger partial charge in [0.05, 0.1) is 5.69 Å². The third-order valence-electron chi connectivity index (χ3n) is 7.18. The van der Waals surface area contributed by atoms with E-state index >= 15 is 0 Å². The number of benzene rings is 2. The van der Waals surface area contributed by atoms with Crippen LogP contribution in [0.5, 0.6) is 11.5 Å². The van der Waals surface area contributed by atoms with Crippen LogP contribution in [0.15, 0.2) is 36.4 Å². The highest BCUT2D eigenvalue weighted by molar-refractivity contribution is 6.02. The zero-order valence-corrected chi connectivity index (χ0v) is 22.9. The maximum Gasteiger partial charge on any atom is 0.265 e. The first-order valence-electron chi connectivity index (χ1n) is 12.8. The number of nitrogens with one attached hydrogen (secondary N) is 1. The minimum atomic E-state index is -0.869. The molecule has 0 aliphatic rings. The van der Waals surface area contributed by atoms with Gasteiger partial charge in [-0.3, -0.25) is 9.59 Å². The van der Waals surface area contributed by atoms with Gasteiger partial charge in [0.2, 0.25) is 0 Å². The van der Waals surface area contributed by atoms with Crippen molar-refractivity contribution in [3.05, 3.63) is 47.5 Å². The minimum absolute atomic E-state index is 0.00148. The molecule has 198 valence electrons. The van der Waals surface area contributed by atoms with Gasteiger partial charge in [-0.1, -0.05) is 78.1 Å². The minimum Gasteiger partial charge on any atom is -0.506 e. The molecule has 1 atom stereocenters. The molecule has 0 saturated heterocycles. The predicted molar refractivity (Wildman–Crippen MR) is 143 cm³/mol. The number of para-hydroxylation sites is 1. The van der Waals surface area contributed by atoms with Gasteiger partial charge in [-0.05, 0) is 53.9 Å². The summed E-state index contributed by atoms with van der Waals surface area (Å²) < 4.78 is 20.9. The highest BCUT2D eigenvalue weighted by Crippen LogP contribution is 2.40. The predicted octanol–water partition coefficient (Wildman–Crippen LogP) is 7.19. The van der Waals surface area contributed by atoms with Gasteiger partial charge in [-0.15, -0.1) is 5.12 Å². The second-order valence-corrected chi connectivity index (χ2v) is 10.4. The van der Waals surface area contributed by atoms with Gasteiger partial charge in [-0.2, -0.15) is 0 Å². The molecule has 0 radical (unpaired) electrons. The molecule has 7 heteroatoms. The van der Waals surface area contributed by atoms with Crippen LogP contribution in [0.3, 0.4) is 0 Å². The Bertz CT molecular complexity index is 1080. The molecule has 6 nitrogen and oxygen atoms in total. The van der Waals surface area contributed by atoms with Gasteiger partial charge < -0.3 is 15.2 Å². The number of amides is 2. The third kappa shape index (κ3) is 6.37. The van der Waals surface area contributed by atoms with Crippen LogP contribution in [0, 0.1) is 0 Å². The molecule has 2 amide bonds. The Morgan fingerprint density at radius 1 is 1.03 bits per heavy atom. The van der Waals surface area contributed by atoms with E-state index in [0.717, 1.165) is 18.4 Å². The standard InChI is InChI=1S/C29H41FN2O4/c1-9-23(27(35)31-21-14-13-15-22(33)26(21)32(30)25(34)10-2)36-24-17-16-19(28(5,6)11-3)18-20(24)29(7,8)12-4/h13-18,23,33H,9-12H2,1-8H3,(H,31,35). The first-order valence-corrected chi connectivity index (χ1v) is 12.8. The van der Waals surface area contributed by atoms with Crippen molar-refractivity contribution in [2.75, 3.05) is 10.4 Å². The first kappa shape index (κ1) is 29.1. The van der Waals surface area contributed by atoms with Crippen molar-refractivity contribution in [2.45, 2.75) is 98.0 Å². The average Bonchev–Trinajstić information content (AvgIpc) is 2.86. The van der Waals surface area contributed by atoms with E-state index in [-0.39, 0.29) is 28.1 Å². The normalized spacial score (nSPS) is 12.7. The van der Waals surface area contributed by atoms with E-state index in [1.54, 1.807) is 0 Å². The van der Waals surface area contributed by atoms with Crippen LogP contribution in [-0.4, -0.2) is 23.0 Å². The largest absolute Gasteiger partial charge is 0.506 e. The lowest BCUT2D eigenvalue weighted by molar-refractivity contribution is -0.123. The number of aromatic hydroxyl groups is 1. The monoisotopic (exact) mass is 500 g/mol. The number of phenolic OH excluding ortho intramolecular Hbond substituents is 1. The van der Waals surface area contributed by atoms with Crippen molar-refractivity contribution < 1.29 is 23.9 Å². The van der Waals surface area contributed by atoms with E-state index in [1.807, 2.05) is 19.1 Å². The summed E-state index contributed by atoms with van der Waals surface area (Å²) in [5.41, 5.74) is 1.64. The summed E-state index contributed by atoms with van der Waals surface area (Å²) in [6.07, 6.45) is 1.26. The Hall–Kier alpha value is -3.09. The van der Waals surface area contributed by atoms with Crippen LogP contribution in [0.25, 0.3) is 0 Å². The van der Waals surface area contributed by atoms with Crippen molar-refractivity contribution in [1.29, 1.82) is 0 Å². The number of hydrogen-bond donors (Lipinski definition) is 2. The maximum absolute atomic E-state index is 14.7. The van der Waals surface area contributed by atoms with Crippen molar-refractivity contribution in [3.8, 4) is 11.5 Å². The number of anilines is 2. The summed E-state index contributed by atoms with van der Waals surface area (Å²) in [6.45, 7) is 16.3. The number of phenols is 1. The fourth-order valence-electron chi connectivity index (χ4n) is 3.77. The topological polar surface area (TPSA) is 78.9 Å². The van der Waals surface area contributed by atoms with Crippen LogP contribution >= 0.6 is 0 Å². The van der Waals surface area contributed by atoms with Crippen LogP contribution in [0.2, 0.25) is 0 Å². The number of ether oxygens (including phenoxy) is 1. The van der Waals surface area contributed by atoms with E-state index in [1.165, 1.54) is 30.7 Å². The molecular weight excluding hydrogens is 459 g/mol. The maximum atomic E-state index is 14.7. The molecule has 0 spiro atoms. The average molecular weight is 501 g/mol. The summed E-state index contributed by atoms with van der Waals surface area (Å²) >= 11 is 0. The quantitative estimate of drug-likeness (QED) is 0.320. The molecule has 36 heavy (non-hydrogen) atoms. The number of carbonyl (C=O) groups is 2. The van der Waals surface area contributed by atoms with E-state index in [0.29, 0.717) is 12.2 Å². The molecule has 2 aromatic rings. The molecule has 2 N–H and O–H groups in total. The van der Waals surface area contributed by atoms with Crippen molar-refractivity contribution in [1.82, 2.24) is 0 Å². The Morgan fingerprint density at radius 3 is 2.22 bits per heavy atom. The number of carbonyl (C=O) groups excluding carboxylic acids is 2. The second-order valence-electron chi connectivity index (χ2n) is 10.4. The van der Waals surface area contributed by atoms with E-state index < -0.39 is 29.4 Å². The van der Waals surface area contributed by atoms with E-state index in [4.69, 9.17) is 4.74 Å². The molecule has 2 rings (SSSR count). The molecular formula is C29H41FN2O4. The molecule has 0 saturated carbocycles. The zero-order valence-electron chi connectivity index (χ0n) is 22.9. The summed E-state index contributed by atoms with van der Waals surface area (Å²) in [4.78, 5) is 25.1. The Kier molecular flexibility index (Phi) is 9.52. The lowest BCUT2D eigenvalue weighted by Crippen LogP contribution is -2.34. The number of halogens is 1. The molecule has 0 bridgehead atoms. The SMILES string of the molecule is CCC(=O)N(F)c1c(O)cccc1NC(=O)C(CC)Oc1ccc(C(C)(C)CC)cc1C(C)(C)CC. The van der Waals surface area contributed by atoms with Gasteiger partial charge in [0.15, 0.2) is 6.10 Å². The van der Waals surface area contributed by atoms with Crippen molar-refractivity contribution in [3.63, 3.8) is 0 Å². The molecule has 0 heterocycles. The fourth-order valence-corrected chi connectivity index (χ4v) is 3.77. The van der Waals surface area contributed by atoms with Crippen molar-refractivity contribution in [2.24, 2.45) is 0 Å². The van der Waals surface area contributed by atoms with Gasteiger partial charge in [0, 0.05) is 12.0 Å². The Balaban J connectivity index is 2.42. The van der Waals surface area contributed by atoms with Gasteiger partial charge in [0.1, 0.15) is 17.2 Å². The Morgan fingerprint density at radius 2 is 1.67 bits per heavy atom. The van der Waals surface area contributed by atoms with E-state index in [2.05, 4.69) is 52.9 Å². The highest BCUT2D eigenvalue weighted by Gasteiger charge is 2.30. The molecule has 1 unspecified atom stereocenters. The first-order chi connectivity index (χ1) is 16.8. The summed E-state index contributed by atoms with van der Waals surface area (Å²) in [5.74, 6) is -1.16. The lowest BCUT2D eigenvalue weighted by Gasteiger charge is -2.31. The molecule has 0 fully saturated rings. The van der Waals surface area contributed by atoms with E-state index in [9.17, 15) is 19.2 Å². The smallest absolute Gasteiger partial charge is 0.265 e. The summed E-state index contributed by atoms with van der Waals surface area (Å²) in [6, 6.07) is 10.3. The van der Waals surface area contributed by atoms with Crippen LogP contribution in [0.4, 0.5) is 15.9 Å². The fraction of sp³-hybridized carbons (Fsp3) is 0.517. The number of rotatable bonds is 11. The lowest BCUT2D eigenvalue weighted by atomic mass is 9.76. The van der Waals surface area contributed by atoms with Gasteiger partial charge >= 0.3 is 0 Å². The Labute approximate surface area is 214 Å². The number of hydrogen-bond acceptors (Lipinski definition) is 4. The second kappa shape index (κ2) is 11.8. The summed E-state index contributed by atoms with van der Waals surface area (Å²) in [5, 5.41) is 12.7. The zero-order chi connectivity index (χ0) is 27.3. The molecule has 0 aromatic heterocycles. The van der Waals surface area contributed by atoms with Gasteiger partial charge in [0.25, 0.3) is 11.8 Å². The van der Waals surface area contributed by atoms with Crippen LogP contribution in [0.1, 0.15) is 92.2 Å². The molecule has 0 aliphatic carbocycles. The van der Waals surface area contributed by atoms with Crippen molar-refractivity contribution >= 4 is 23.2 Å². The summed E-state index contributed by atoms with van der Waals surface area (Å²) in [7, 11) is 0. The van der Waals surface area contributed by atoms with Crippen LogP contribution < -0.4 is 15.2 Å².